The predicted octanol–water partition coefficient (Wildman–Crippen LogP) is -0.0139. The van der Waals surface area contributed by atoms with Crippen molar-refractivity contribution in [3.8, 4) is 0 Å². The van der Waals surface area contributed by atoms with Crippen LogP contribution in [0.25, 0.3) is 0 Å². The molecular formula is C11H25N3O. The van der Waals surface area contributed by atoms with Crippen molar-refractivity contribution in [3.05, 3.63) is 0 Å². The molecule has 1 aliphatic heterocycles. The summed E-state index contributed by atoms with van der Waals surface area (Å²) in [6, 6.07) is 0.382. The van der Waals surface area contributed by atoms with Crippen molar-refractivity contribution in [2.24, 2.45) is 5.73 Å². The Morgan fingerprint density at radius 1 is 1.33 bits per heavy atom. The molecule has 1 fully saturated rings. The highest BCUT2D eigenvalue weighted by Crippen LogP contribution is 2.18. The third-order valence-corrected chi connectivity index (χ3v) is 3.10. The average Bonchev–Trinajstić information content (AvgIpc) is 2.69. The van der Waals surface area contributed by atoms with Crippen LogP contribution in [0, 0.1) is 0 Å². The first-order chi connectivity index (χ1) is 7.15. The van der Waals surface area contributed by atoms with Gasteiger partial charge in [0.15, 0.2) is 0 Å². The molecule has 0 radical (unpaired) electrons. The van der Waals surface area contributed by atoms with E-state index < -0.39 is 0 Å². The second-order valence-corrected chi connectivity index (χ2v) is 4.64. The van der Waals surface area contributed by atoms with Crippen LogP contribution < -0.4 is 5.73 Å². The Kier molecular flexibility index (Phi) is 5.53. The first kappa shape index (κ1) is 12.9. The van der Waals surface area contributed by atoms with Gasteiger partial charge in [-0.2, -0.15) is 0 Å². The summed E-state index contributed by atoms with van der Waals surface area (Å²) in [6.07, 6.45) is 2.69. The van der Waals surface area contributed by atoms with E-state index in [9.17, 15) is 0 Å². The normalized spacial score (nSPS) is 24.0. The van der Waals surface area contributed by atoms with Crippen LogP contribution in [-0.4, -0.2) is 69.3 Å². The molecule has 1 aliphatic rings. The van der Waals surface area contributed by atoms with E-state index in [0.717, 1.165) is 26.1 Å². The molecule has 1 heterocycles. The number of hydrogen-bond acceptors (Lipinski definition) is 4. The SMILES string of the molecule is CN(C)CCN(C)C(CN)C1CCCO1. The third-order valence-electron chi connectivity index (χ3n) is 3.10. The molecule has 0 amide bonds. The molecule has 0 aromatic heterocycles. The molecule has 0 bridgehead atoms. The lowest BCUT2D eigenvalue weighted by molar-refractivity contribution is 0.0356. The van der Waals surface area contributed by atoms with Crippen molar-refractivity contribution in [3.63, 3.8) is 0 Å². The first-order valence-electron chi connectivity index (χ1n) is 5.81. The largest absolute Gasteiger partial charge is 0.377 e. The fraction of sp³-hybridized carbons (Fsp3) is 1.00. The van der Waals surface area contributed by atoms with Crippen molar-refractivity contribution < 1.29 is 4.74 Å². The lowest BCUT2D eigenvalue weighted by atomic mass is 10.1. The summed E-state index contributed by atoms with van der Waals surface area (Å²) < 4.78 is 5.70. The Hall–Kier alpha value is -0.160. The molecule has 0 aromatic carbocycles. The zero-order chi connectivity index (χ0) is 11.3. The number of hydrogen-bond donors (Lipinski definition) is 1. The van der Waals surface area contributed by atoms with E-state index in [0.29, 0.717) is 18.7 Å². The summed E-state index contributed by atoms with van der Waals surface area (Å²) >= 11 is 0. The number of likely N-dealkylation sites (N-methyl/N-ethyl adjacent to an activating group) is 2. The molecular weight excluding hydrogens is 190 g/mol. The van der Waals surface area contributed by atoms with Crippen molar-refractivity contribution in [1.29, 1.82) is 0 Å². The maximum atomic E-state index is 5.82. The third kappa shape index (κ3) is 4.07. The molecule has 1 rings (SSSR count). The number of rotatable bonds is 6. The van der Waals surface area contributed by atoms with Crippen LogP contribution >= 0.6 is 0 Å². The monoisotopic (exact) mass is 215 g/mol. The highest BCUT2D eigenvalue weighted by atomic mass is 16.5. The Morgan fingerprint density at radius 3 is 2.53 bits per heavy atom. The van der Waals surface area contributed by atoms with E-state index in [1.807, 2.05) is 0 Å². The number of nitrogens with zero attached hydrogens (tertiary/aromatic N) is 2. The first-order valence-corrected chi connectivity index (χ1v) is 5.81. The van der Waals surface area contributed by atoms with Gasteiger partial charge in [-0.05, 0) is 34.0 Å². The quantitative estimate of drug-likeness (QED) is 0.676. The second-order valence-electron chi connectivity index (χ2n) is 4.64. The van der Waals surface area contributed by atoms with Gasteiger partial charge in [0.1, 0.15) is 0 Å². The summed E-state index contributed by atoms with van der Waals surface area (Å²) in [4.78, 5) is 4.52. The van der Waals surface area contributed by atoms with Gasteiger partial charge in [-0.3, -0.25) is 4.90 Å². The van der Waals surface area contributed by atoms with Gasteiger partial charge in [0.2, 0.25) is 0 Å². The van der Waals surface area contributed by atoms with E-state index in [1.54, 1.807) is 0 Å². The van der Waals surface area contributed by atoms with Gasteiger partial charge in [-0.25, -0.2) is 0 Å². The Labute approximate surface area is 93.4 Å². The Morgan fingerprint density at radius 2 is 2.07 bits per heavy atom. The molecule has 2 atom stereocenters. The van der Waals surface area contributed by atoms with Gasteiger partial charge in [-0.1, -0.05) is 0 Å². The summed E-state index contributed by atoms with van der Waals surface area (Å²) in [6.45, 7) is 3.71. The minimum atomic E-state index is 0.349. The van der Waals surface area contributed by atoms with Gasteiger partial charge in [0, 0.05) is 32.3 Å². The maximum absolute atomic E-state index is 5.82. The summed E-state index contributed by atoms with van der Waals surface area (Å²) in [7, 11) is 6.33. The van der Waals surface area contributed by atoms with Crippen LogP contribution in [0.15, 0.2) is 0 Å². The van der Waals surface area contributed by atoms with Crippen LogP contribution in [0.1, 0.15) is 12.8 Å². The molecule has 2 unspecified atom stereocenters. The van der Waals surface area contributed by atoms with Gasteiger partial charge in [-0.15, -0.1) is 0 Å². The molecule has 0 spiro atoms. The van der Waals surface area contributed by atoms with Crippen molar-refractivity contribution in [2.75, 3.05) is 47.4 Å². The fourth-order valence-corrected chi connectivity index (χ4v) is 2.05. The highest BCUT2D eigenvalue weighted by Gasteiger charge is 2.27. The summed E-state index contributed by atoms with van der Waals surface area (Å²) in [5.74, 6) is 0. The van der Waals surface area contributed by atoms with E-state index in [-0.39, 0.29) is 0 Å². The zero-order valence-corrected chi connectivity index (χ0v) is 10.3. The molecule has 4 heteroatoms. The average molecular weight is 215 g/mol. The minimum absolute atomic E-state index is 0.349. The molecule has 0 saturated carbocycles. The van der Waals surface area contributed by atoms with Crippen LogP contribution in [0.2, 0.25) is 0 Å². The fourth-order valence-electron chi connectivity index (χ4n) is 2.05. The molecule has 90 valence electrons. The molecule has 0 aromatic rings. The smallest absolute Gasteiger partial charge is 0.0743 e. The molecule has 4 nitrogen and oxygen atoms in total. The van der Waals surface area contributed by atoms with Gasteiger partial charge < -0.3 is 15.4 Å². The molecule has 0 aliphatic carbocycles. The molecule has 2 N–H and O–H groups in total. The van der Waals surface area contributed by atoms with Crippen LogP contribution in [0.4, 0.5) is 0 Å². The number of nitrogens with two attached hydrogens (primary N) is 1. The van der Waals surface area contributed by atoms with E-state index in [4.69, 9.17) is 10.5 Å². The topological polar surface area (TPSA) is 41.7 Å². The van der Waals surface area contributed by atoms with E-state index >= 15 is 0 Å². The van der Waals surface area contributed by atoms with Crippen molar-refractivity contribution >= 4 is 0 Å². The van der Waals surface area contributed by atoms with Gasteiger partial charge in [0.25, 0.3) is 0 Å². The standard InChI is InChI=1S/C11H25N3O/c1-13(2)6-7-14(3)10(9-12)11-5-4-8-15-11/h10-11H,4-9,12H2,1-3H3. The van der Waals surface area contributed by atoms with E-state index in [2.05, 4.69) is 30.9 Å². The summed E-state index contributed by atoms with van der Waals surface area (Å²) in [5.41, 5.74) is 5.82. The predicted molar refractivity (Wildman–Crippen MR) is 63.0 cm³/mol. The minimum Gasteiger partial charge on any atom is -0.377 e. The lowest BCUT2D eigenvalue weighted by Crippen LogP contribution is -2.48. The highest BCUT2D eigenvalue weighted by molar-refractivity contribution is 4.82. The van der Waals surface area contributed by atoms with E-state index in [1.165, 1.54) is 6.42 Å². The zero-order valence-electron chi connectivity index (χ0n) is 10.3. The molecule has 1 saturated heterocycles. The van der Waals surface area contributed by atoms with Gasteiger partial charge in [0.05, 0.1) is 6.10 Å². The summed E-state index contributed by atoms with van der Waals surface area (Å²) in [5, 5.41) is 0. The second kappa shape index (κ2) is 6.43. The van der Waals surface area contributed by atoms with Crippen LogP contribution in [0.5, 0.6) is 0 Å². The number of ether oxygens (including phenoxy) is 1. The Balaban J connectivity index is 2.35. The van der Waals surface area contributed by atoms with Crippen LogP contribution in [0.3, 0.4) is 0 Å². The maximum Gasteiger partial charge on any atom is 0.0743 e. The lowest BCUT2D eigenvalue weighted by Gasteiger charge is -2.31. The van der Waals surface area contributed by atoms with Crippen molar-refractivity contribution in [1.82, 2.24) is 9.80 Å². The van der Waals surface area contributed by atoms with Crippen LogP contribution in [-0.2, 0) is 4.74 Å². The van der Waals surface area contributed by atoms with Crippen molar-refractivity contribution in [2.45, 2.75) is 25.0 Å². The van der Waals surface area contributed by atoms with Gasteiger partial charge >= 0.3 is 0 Å². The molecule has 15 heavy (non-hydrogen) atoms. The Bertz CT molecular complexity index is 169.